The predicted molar refractivity (Wildman–Crippen MR) is 108 cm³/mol. The van der Waals surface area contributed by atoms with Crippen LogP contribution in [0.5, 0.6) is 17.2 Å². The summed E-state index contributed by atoms with van der Waals surface area (Å²) in [5, 5.41) is 2.92. The van der Waals surface area contributed by atoms with Gasteiger partial charge in [0.1, 0.15) is 41.3 Å². The third kappa shape index (κ3) is 6.21. The highest BCUT2D eigenvalue weighted by atomic mass is 32.1. The molecule has 5 nitrogen and oxygen atoms in total. The molecule has 1 heterocycles. The Morgan fingerprint density at radius 2 is 1.61 bits per heavy atom. The van der Waals surface area contributed by atoms with Crippen LogP contribution in [0.15, 0.2) is 53.9 Å². The molecule has 0 aliphatic rings. The molecule has 0 N–H and O–H groups in total. The zero-order valence-corrected chi connectivity index (χ0v) is 16.7. The highest BCUT2D eigenvalue weighted by Crippen LogP contribution is 2.18. The van der Waals surface area contributed by atoms with Gasteiger partial charge in [-0.25, -0.2) is 9.37 Å². The summed E-state index contributed by atoms with van der Waals surface area (Å²) < 4.78 is 29.4. The molecule has 7 heteroatoms. The maximum Gasteiger partial charge on any atom is 0.140 e. The van der Waals surface area contributed by atoms with Crippen LogP contribution in [0, 0.1) is 5.82 Å². The highest BCUT2D eigenvalue weighted by Gasteiger charge is 2.07. The van der Waals surface area contributed by atoms with Crippen molar-refractivity contribution >= 4 is 11.3 Å². The molecule has 0 spiro atoms. The molecular formula is C21H23FN2O3S. The molecule has 0 bridgehead atoms. The molecule has 0 unspecified atom stereocenters. The quantitative estimate of drug-likeness (QED) is 0.504. The van der Waals surface area contributed by atoms with Crippen LogP contribution in [0.1, 0.15) is 10.7 Å². The van der Waals surface area contributed by atoms with Gasteiger partial charge in [0, 0.05) is 18.5 Å². The van der Waals surface area contributed by atoms with Gasteiger partial charge in [-0.2, -0.15) is 0 Å². The standard InChI is InChI=1S/C21H23FN2O3S/c1-24(11-12-26-19-9-7-18(25-2)8-10-19)13-17-15-28-21(23-17)14-27-20-5-3-16(22)4-6-20/h3-10,15H,11-14H2,1-2H3. The van der Waals surface area contributed by atoms with Gasteiger partial charge in [0.2, 0.25) is 0 Å². The van der Waals surface area contributed by atoms with Crippen molar-refractivity contribution < 1.29 is 18.6 Å². The van der Waals surface area contributed by atoms with Gasteiger partial charge in [0.05, 0.1) is 12.8 Å². The molecule has 0 radical (unpaired) electrons. The summed E-state index contributed by atoms with van der Waals surface area (Å²) in [5.74, 6) is 1.99. The molecule has 1 aromatic heterocycles. The third-order valence-corrected chi connectivity index (χ3v) is 4.88. The Balaban J connectivity index is 1.39. The number of ether oxygens (including phenoxy) is 3. The summed E-state index contributed by atoms with van der Waals surface area (Å²) in [4.78, 5) is 6.75. The average Bonchev–Trinajstić information content (AvgIpc) is 3.15. The number of benzene rings is 2. The van der Waals surface area contributed by atoms with Gasteiger partial charge in [0.25, 0.3) is 0 Å². The Labute approximate surface area is 168 Å². The second-order valence-electron chi connectivity index (χ2n) is 6.24. The molecule has 0 saturated carbocycles. The fourth-order valence-corrected chi connectivity index (χ4v) is 3.21. The number of rotatable bonds is 10. The number of hydrogen-bond donors (Lipinski definition) is 0. The zero-order chi connectivity index (χ0) is 19.8. The Kier molecular flexibility index (Phi) is 7.22. The van der Waals surface area contributed by atoms with E-state index in [1.807, 2.05) is 36.7 Å². The molecule has 148 valence electrons. The maximum absolute atomic E-state index is 12.9. The van der Waals surface area contributed by atoms with Gasteiger partial charge in [-0.3, -0.25) is 4.90 Å². The number of thiazole rings is 1. The van der Waals surface area contributed by atoms with Crippen LogP contribution in [0.4, 0.5) is 4.39 Å². The minimum atomic E-state index is -0.275. The van der Waals surface area contributed by atoms with Crippen molar-refractivity contribution in [3.05, 3.63) is 70.4 Å². The first-order chi connectivity index (χ1) is 13.6. The van der Waals surface area contributed by atoms with E-state index in [1.54, 1.807) is 30.6 Å². The Bertz CT molecular complexity index is 853. The molecule has 0 atom stereocenters. The lowest BCUT2D eigenvalue weighted by Crippen LogP contribution is -2.24. The Morgan fingerprint density at radius 3 is 2.32 bits per heavy atom. The molecule has 28 heavy (non-hydrogen) atoms. The summed E-state index contributed by atoms with van der Waals surface area (Å²) in [6.07, 6.45) is 0. The van der Waals surface area contributed by atoms with Gasteiger partial charge in [-0.1, -0.05) is 0 Å². The molecule has 2 aromatic carbocycles. The van der Waals surface area contributed by atoms with Crippen LogP contribution in [-0.2, 0) is 13.2 Å². The monoisotopic (exact) mass is 402 g/mol. The number of hydrogen-bond acceptors (Lipinski definition) is 6. The topological polar surface area (TPSA) is 43.8 Å². The van der Waals surface area contributed by atoms with Crippen molar-refractivity contribution in [2.45, 2.75) is 13.2 Å². The summed E-state index contributed by atoms with van der Waals surface area (Å²) >= 11 is 1.56. The van der Waals surface area contributed by atoms with E-state index in [1.165, 1.54) is 12.1 Å². The van der Waals surface area contributed by atoms with Crippen LogP contribution in [0.3, 0.4) is 0 Å². The largest absolute Gasteiger partial charge is 0.497 e. The van der Waals surface area contributed by atoms with Gasteiger partial charge in [-0.15, -0.1) is 11.3 Å². The van der Waals surface area contributed by atoms with Crippen molar-refractivity contribution in [1.29, 1.82) is 0 Å². The number of methoxy groups -OCH3 is 1. The fraction of sp³-hybridized carbons (Fsp3) is 0.286. The number of aromatic nitrogens is 1. The summed E-state index contributed by atoms with van der Waals surface area (Å²) in [6, 6.07) is 13.5. The second-order valence-corrected chi connectivity index (χ2v) is 7.18. The first kappa shape index (κ1) is 20.1. The smallest absolute Gasteiger partial charge is 0.140 e. The molecular weight excluding hydrogens is 379 g/mol. The van der Waals surface area contributed by atoms with Crippen LogP contribution >= 0.6 is 11.3 Å². The van der Waals surface area contributed by atoms with E-state index in [0.29, 0.717) is 19.0 Å². The van der Waals surface area contributed by atoms with Gasteiger partial charge in [-0.05, 0) is 55.6 Å². The molecule has 0 aliphatic heterocycles. The molecule has 3 rings (SSSR count). The Morgan fingerprint density at radius 1 is 0.964 bits per heavy atom. The van der Waals surface area contributed by atoms with Crippen LogP contribution in [-0.4, -0.2) is 37.2 Å². The number of halogens is 1. The van der Waals surface area contributed by atoms with E-state index < -0.39 is 0 Å². The van der Waals surface area contributed by atoms with Crippen molar-refractivity contribution in [2.75, 3.05) is 27.3 Å². The lowest BCUT2D eigenvalue weighted by Gasteiger charge is -2.15. The predicted octanol–water partition coefficient (Wildman–Crippen LogP) is 4.38. The van der Waals surface area contributed by atoms with Gasteiger partial charge < -0.3 is 14.2 Å². The normalized spacial score (nSPS) is 10.9. The average molecular weight is 402 g/mol. The minimum absolute atomic E-state index is 0.275. The van der Waals surface area contributed by atoms with Crippen LogP contribution in [0.2, 0.25) is 0 Å². The SMILES string of the molecule is COc1ccc(OCCN(C)Cc2csc(COc3ccc(F)cc3)n2)cc1. The van der Waals surface area contributed by atoms with Crippen molar-refractivity contribution in [1.82, 2.24) is 9.88 Å². The van der Waals surface area contributed by atoms with Crippen LogP contribution < -0.4 is 14.2 Å². The first-order valence-corrected chi connectivity index (χ1v) is 9.77. The molecule has 0 fully saturated rings. The number of likely N-dealkylation sites (N-methyl/N-ethyl adjacent to an activating group) is 1. The second kappa shape index (κ2) is 10.1. The van der Waals surface area contributed by atoms with E-state index in [-0.39, 0.29) is 5.82 Å². The third-order valence-electron chi connectivity index (χ3n) is 4.01. The van der Waals surface area contributed by atoms with E-state index in [0.717, 1.165) is 35.3 Å². The van der Waals surface area contributed by atoms with E-state index in [2.05, 4.69) is 9.88 Å². The molecule has 0 saturated heterocycles. The fourth-order valence-electron chi connectivity index (χ4n) is 2.51. The molecule has 0 aliphatic carbocycles. The maximum atomic E-state index is 12.9. The van der Waals surface area contributed by atoms with E-state index >= 15 is 0 Å². The summed E-state index contributed by atoms with van der Waals surface area (Å²) in [6.45, 7) is 2.48. The van der Waals surface area contributed by atoms with Crippen molar-refractivity contribution in [3.63, 3.8) is 0 Å². The minimum Gasteiger partial charge on any atom is -0.497 e. The van der Waals surface area contributed by atoms with Crippen molar-refractivity contribution in [2.24, 2.45) is 0 Å². The Hall–Kier alpha value is -2.64. The van der Waals surface area contributed by atoms with Crippen molar-refractivity contribution in [3.8, 4) is 17.2 Å². The summed E-state index contributed by atoms with van der Waals surface area (Å²) in [5.41, 5.74) is 0.995. The highest BCUT2D eigenvalue weighted by molar-refractivity contribution is 7.09. The lowest BCUT2D eigenvalue weighted by atomic mass is 10.3. The van der Waals surface area contributed by atoms with Gasteiger partial charge >= 0.3 is 0 Å². The lowest BCUT2D eigenvalue weighted by molar-refractivity contribution is 0.231. The number of nitrogens with zero attached hydrogens (tertiary/aromatic N) is 2. The van der Waals surface area contributed by atoms with Crippen LogP contribution in [0.25, 0.3) is 0 Å². The van der Waals surface area contributed by atoms with Gasteiger partial charge in [0.15, 0.2) is 0 Å². The summed E-state index contributed by atoms with van der Waals surface area (Å²) in [7, 11) is 3.68. The van der Waals surface area contributed by atoms with E-state index in [4.69, 9.17) is 14.2 Å². The first-order valence-electron chi connectivity index (χ1n) is 8.89. The van der Waals surface area contributed by atoms with E-state index in [9.17, 15) is 4.39 Å². The zero-order valence-electron chi connectivity index (χ0n) is 15.9. The molecule has 0 amide bonds. The molecule has 3 aromatic rings.